The Morgan fingerprint density at radius 1 is 1.17 bits per heavy atom. The molecule has 7 heteroatoms. The molecule has 4 aliphatic rings. The van der Waals surface area contributed by atoms with E-state index in [4.69, 9.17) is 4.74 Å². The Labute approximate surface area is 206 Å². The fraction of sp³-hybridized carbons (Fsp3) is 0.714. The molecule has 0 radical (unpaired) electrons. The molecule has 0 spiro atoms. The monoisotopic (exact) mass is 488 g/mol. The fourth-order valence-corrected chi connectivity index (χ4v) is 8.09. The van der Waals surface area contributed by atoms with E-state index >= 15 is 4.39 Å². The van der Waals surface area contributed by atoms with Gasteiger partial charge in [-0.2, -0.15) is 0 Å². The average molecular weight is 489 g/mol. The second kappa shape index (κ2) is 8.46. The van der Waals surface area contributed by atoms with E-state index in [0.29, 0.717) is 24.8 Å². The molecule has 0 saturated heterocycles. The molecule has 35 heavy (non-hydrogen) atoms. The normalized spacial score (nSPS) is 44.1. The van der Waals surface area contributed by atoms with Gasteiger partial charge in [-0.15, -0.1) is 0 Å². The van der Waals surface area contributed by atoms with E-state index in [2.05, 4.69) is 0 Å². The van der Waals surface area contributed by atoms with Crippen molar-refractivity contribution in [2.45, 2.75) is 96.9 Å². The van der Waals surface area contributed by atoms with E-state index in [0.717, 1.165) is 0 Å². The van der Waals surface area contributed by atoms with Crippen LogP contribution in [0.25, 0.3) is 0 Å². The third kappa shape index (κ3) is 3.29. The number of allylic oxidation sites excluding steroid dienone is 4. The summed E-state index contributed by atoms with van der Waals surface area (Å²) < 4.78 is 23.3. The molecule has 3 saturated carbocycles. The third-order valence-corrected chi connectivity index (χ3v) is 9.91. The van der Waals surface area contributed by atoms with E-state index in [1.54, 1.807) is 26.8 Å². The second-order valence-electron chi connectivity index (χ2n) is 11.5. The molecule has 0 aromatic heterocycles. The van der Waals surface area contributed by atoms with Gasteiger partial charge in [0.05, 0.1) is 12.5 Å². The molecule has 0 unspecified atom stereocenters. The molecule has 4 rings (SSSR count). The summed E-state index contributed by atoms with van der Waals surface area (Å²) in [6.07, 6.45) is 4.21. The number of carbonyl (C=O) groups excluding carboxylic acids is 4. The molecule has 1 N–H and O–H groups in total. The largest absolute Gasteiger partial charge is 0.450 e. The molecular weight excluding hydrogens is 451 g/mol. The number of fused-ring (bicyclic) bond motifs is 5. The molecule has 0 bridgehead atoms. The van der Waals surface area contributed by atoms with Crippen molar-refractivity contribution in [2.24, 2.45) is 28.6 Å². The van der Waals surface area contributed by atoms with Crippen molar-refractivity contribution >= 4 is 23.3 Å². The maximum Gasteiger partial charge on any atom is 0.306 e. The third-order valence-electron chi connectivity index (χ3n) is 9.91. The SMILES string of the molecule is CCC(=O)CC(=O)[C@@]1(OC(=O)CC)[C@H](C)C[C@@H]2[C@@H]3CCC4=CC(=O)C=C[C@]4(C)[C@@]3(F)[C@@H](O)C[C@@]21C. The molecule has 8 atom stereocenters. The van der Waals surface area contributed by atoms with Crippen molar-refractivity contribution in [2.75, 3.05) is 0 Å². The Bertz CT molecular complexity index is 1030. The molecule has 6 nitrogen and oxygen atoms in total. The van der Waals surface area contributed by atoms with Gasteiger partial charge in [-0.1, -0.05) is 39.3 Å². The number of aliphatic hydroxyl groups is 1. The van der Waals surface area contributed by atoms with Gasteiger partial charge in [0.25, 0.3) is 0 Å². The van der Waals surface area contributed by atoms with Crippen molar-refractivity contribution < 1.29 is 33.4 Å². The Morgan fingerprint density at radius 2 is 1.86 bits per heavy atom. The number of halogens is 1. The van der Waals surface area contributed by atoms with Crippen LogP contribution in [0.5, 0.6) is 0 Å². The molecule has 3 fully saturated rings. The standard InChI is InChI=1S/C28H37FO6/c1-6-18(30)14-22(32)28(35-24(34)7-2)16(3)12-21-20-9-8-17-13-19(31)10-11-25(17,4)27(20,29)23(33)15-26(21,28)5/h10-11,13,16,20-21,23,33H,6-9,12,14-15H2,1-5H3/t16-,20+,21-,23+,25+,26+,27+,28+/m1/s1. The lowest BCUT2D eigenvalue weighted by Crippen LogP contribution is -2.70. The highest BCUT2D eigenvalue weighted by Gasteiger charge is 2.77. The summed E-state index contributed by atoms with van der Waals surface area (Å²) >= 11 is 0. The Kier molecular flexibility index (Phi) is 6.27. The minimum Gasteiger partial charge on any atom is -0.450 e. The van der Waals surface area contributed by atoms with Crippen molar-refractivity contribution in [1.29, 1.82) is 0 Å². The summed E-state index contributed by atoms with van der Waals surface area (Å²) in [5, 5.41) is 11.5. The summed E-state index contributed by atoms with van der Waals surface area (Å²) in [4.78, 5) is 50.8. The van der Waals surface area contributed by atoms with E-state index in [-0.39, 0.29) is 43.2 Å². The Hall–Kier alpha value is -2.15. The number of ketones is 3. The van der Waals surface area contributed by atoms with Crippen LogP contribution in [-0.4, -0.2) is 45.8 Å². The zero-order valence-electron chi connectivity index (χ0n) is 21.4. The number of hydrogen-bond acceptors (Lipinski definition) is 6. The Balaban J connectivity index is 1.84. The Morgan fingerprint density at radius 3 is 2.49 bits per heavy atom. The molecule has 0 heterocycles. The van der Waals surface area contributed by atoms with E-state index in [9.17, 15) is 24.3 Å². The second-order valence-corrected chi connectivity index (χ2v) is 11.5. The summed E-state index contributed by atoms with van der Waals surface area (Å²) in [6, 6.07) is 0. The minimum atomic E-state index is -2.04. The van der Waals surface area contributed by atoms with Gasteiger partial charge < -0.3 is 9.84 Å². The number of ether oxygens (including phenoxy) is 1. The van der Waals surface area contributed by atoms with Crippen LogP contribution in [0.1, 0.15) is 79.6 Å². The molecule has 0 aromatic rings. The van der Waals surface area contributed by atoms with Gasteiger partial charge in [-0.05, 0) is 50.7 Å². The van der Waals surface area contributed by atoms with Crippen LogP contribution in [0.15, 0.2) is 23.8 Å². The van der Waals surface area contributed by atoms with Gasteiger partial charge in [-0.25, -0.2) is 4.39 Å². The van der Waals surface area contributed by atoms with Gasteiger partial charge in [0.1, 0.15) is 5.78 Å². The molecule has 0 amide bonds. The number of carbonyl (C=O) groups is 4. The van der Waals surface area contributed by atoms with Crippen LogP contribution in [-0.2, 0) is 23.9 Å². The highest BCUT2D eigenvalue weighted by atomic mass is 19.1. The van der Waals surface area contributed by atoms with Crippen molar-refractivity contribution in [3.8, 4) is 0 Å². The zero-order chi connectivity index (χ0) is 26.0. The predicted molar refractivity (Wildman–Crippen MR) is 127 cm³/mol. The van der Waals surface area contributed by atoms with Gasteiger partial charge in [-0.3, -0.25) is 19.2 Å². The van der Waals surface area contributed by atoms with Crippen LogP contribution in [0.2, 0.25) is 0 Å². The highest BCUT2D eigenvalue weighted by molar-refractivity contribution is 6.04. The maximum atomic E-state index is 17.3. The lowest BCUT2D eigenvalue weighted by molar-refractivity contribution is -0.227. The highest BCUT2D eigenvalue weighted by Crippen LogP contribution is 2.71. The van der Waals surface area contributed by atoms with Crippen molar-refractivity contribution in [3.63, 3.8) is 0 Å². The zero-order valence-corrected chi connectivity index (χ0v) is 21.4. The smallest absolute Gasteiger partial charge is 0.306 e. The molecule has 0 aromatic carbocycles. The van der Waals surface area contributed by atoms with Crippen molar-refractivity contribution in [1.82, 2.24) is 0 Å². The van der Waals surface area contributed by atoms with E-state index in [1.165, 1.54) is 12.2 Å². The first kappa shape index (κ1) is 25.9. The van der Waals surface area contributed by atoms with E-state index < -0.39 is 51.8 Å². The molecule has 4 aliphatic carbocycles. The minimum absolute atomic E-state index is 0.0638. The maximum absolute atomic E-state index is 17.3. The van der Waals surface area contributed by atoms with Gasteiger partial charge >= 0.3 is 5.97 Å². The summed E-state index contributed by atoms with van der Waals surface area (Å²) in [6.45, 7) is 8.73. The van der Waals surface area contributed by atoms with Gasteiger partial charge in [0, 0.05) is 35.5 Å². The number of hydrogen-bond donors (Lipinski definition) is 1. The lowest BCUT2D eigenvalue weighted by Gasteiger charge is -2.62. The lowest BCUT2D eigenvalue weighted by atomic mass is 9.44. The number of esters is 1. The van der Waals surface area contributed by atoms with Crippen LogP contribution >= 0.6 is 0 Å². The van der Waals surface area contributed by atoms with E-state index in [1.807, 2.05) is 13.8 Å². The van der Waals surface area contributed by atoms with Crippen LogP contribution in [0.3, 0.4) is 0 Å². The van der Waals surface area contributed by atoms with Crippen LogP contribution < -0.4 is 0 Å². The summed E-state index contributed by atoms with van der Waals surface area (Å²) in [7, 11) is 0. The van der Waals surface area contributed by atoms with Gasteiger partial charge in [0.2, 0.25) is 0 Å². The molecular formula is C28H37FO6. The number of rotatable bonds is 6. The predicted octanol–water partition coefficient (Wildman–Crippen LogP) is 4.23. The topological polar surface area (TPSA) is 97.7 Å². The summed E-state index contributed by atoms with van der Waals surface area (Å²) in [5.41, 5.74) is -5.13. The quantitative estimate of drug-likeness (QED) is 0.444. The first-order chi connectivity index (χ1) is 16.3. The van der Waals surface area contributed by atoms with Crippen LogP contribution in [0, 0.1) is 28.6 Å². The van der Waals surface area contributed by atoms with Crippen molar-refractivity contribution in [3.05, 3.63) is 23.8 Å². The van der Waals surface area contributed by atoms with Gasteiger partial charge in [0.15, 0.2) is 22.8 Å². The number of aliphatic hydroxyl groups excluding tert-OH is 1. The fourth-order valence-electron chi connectivity index (χ4n) is 8.09. The molecule has 0 aliphatic heterocycles. The average Bonchev–Trinajstić information content (AvgIpc) is 3.02. The number of alkyl halides is 1. The summed E-state index contributed by atoms with van der Waals surface area (Å²) in [5.74, 6) is -2.80. The first-order valence-corrected chi connectivity index (χ1v) is 12.9. The van der Waals surface area contributed by atoms with Crippen LogP contribution in [0.4, 0.5) is 4.39 Å². The first-order valence-electron chi connectivity index (χ1n) is 12.9. The molecule has 192 valence electrons. The number of Topliss-reactive ketones (excluding diaryl/α,β-unsaturated/α-hetero) is 2.